The summed E-state index contributed by atoms with van der Waals surface area (Å²) >= 11 is 1.24. The number of sulfone groups is 1. The highest BCUT2D eigenvalue weighted by Crippen LogP contribution is 2.33. The van der Waals surface area contributed by atoms with Crippen molar-refractivity contribution in [2.24, 2.45) is 0 Å². The fraction of sp³-hybridized carbons (Fsp3) is 0.240. The lowest BCUT2D eigenvalue weighted by molar-refractivity contribution is 0.250. The molecular formula is C25H24N6O2S2. The van der Waals surface area contributed by atoms with Crippen molar-refractivity contribution in [3.8, 4) is 10.7 Å². The lowest BCUT2D eigenvalue weighted by Crippen LogP contribution is -2.46. The predicted octanol–water partition coefficient (Wildman–Crippen LogP) is 3.96. The molecule has 1 aliphatic rings. The monoisotopic (exact) mass is 504 g/mol. The van der Waals surface area contributed by atoms with E-state index in [1.807, 2.05) is 24.3 Å². The van der Waals surface area contributed by atoms with Crippen LogP contribution in [0.1, 0.15) is 5.56 Å². The van der Waals surface area contributed by atoms with Crippen LogP contribution < -0.4 is 4.90 Å². The molecule has 0 bridgehead atoms. The van der Waals surface area contributed by atoms with E-state index in [4.69, 9.17) is 4.98 Å². The van der Waals surface area contributed by atoms with Crippen LogP contribution in [0.4, 0.5) is 5.69 Å². The Morgan fingerprint density at radius 2 is 1.77 bits per heavy atom. The molecule has 5 aromatic rings. The number of H-pyrrole nitrogens is 1. The fourth-order valence-electron chi connectivity index (χ4n) is 4.55. The number of nitrogens with one attached hydrogen (secondary N) is 1. The highest BCUT2D eigenvalue weighted by Gasteiger charge is 2.21. The maximum atomic E-state index is 11.9. The summed E-state index contributed by atoms with van der Waals surface area (Å²) in [5.41, 5.74) is 6.06. The van der Waals surface area contributed by atoms with Crippen LogP contribution in [0.3, 0.4) is 0 Å². The van der Waals surface area contributed by atoms with Crippen LogP contribution in [0, 0.1) is 0 Å². The van der Waals surface area contributed by atoms with Gasteiger partial charge >= 0.3 is 0 Å². The van der Waals surface area contributed by atoms with Gasteiger partial charge in [-0.2, -0.15) is 0 Å². The zero-order chi connectivity index (χ0) is 24.0. The lowest BCUT2D eigenvalue weighted by atomic mass is 10.1. The van der Waals surface area contributed by atoms with Gasteiger partial charge in [-0.15, -0.1) is 11.3 Å². The molecular weight excluding hydrogens is 480 g/mol. The SMILES string of the molecule is CS(=O)(=O)c1ccc(-c2nc3c(N4CCN(Cc5ccc6nccnc6c5)CC4)cccc3[nH]2)s1. The molecule has 1 aliphatic heterocycles. The van der Waals surface area contributed by atoms with Crippen LogP contribution in [-0.2, 0) is 16.4 Å². The van der Waals surface area contributed by atoms with Gasteiger partial charge < -0.3 is 9.88 Å². The molecule has 1 fully saturated rings. The first-order chi connectivity index (χ1) is 16.9. The van der Waals surface area contributed by atoms with E-state index in [2.05, 4.69) is 43.0 Å². The molecule has 178 valence electrons. The molecule has 0 unspecified atom stereocenters. The average Bonchev–Trinajstić information content (AvgIpc) is 3.52. The van der Waals surface area contributed by atoms with E-state index < -0.39 is 9.84 Å². The van der Waals surface area contributed by atoms with Crippen LogP contribution in [-0.4, -0.2) is 65.7 Å². The number of imidazole rings is 1. The highest BCUT2D eigenvalue weighted by atomic mass is 32.2. The molecule has 0 amide bonds. The summed E-state index contributed by atoms with van der Waals surface area (Å²) in [5.74, 6) is 0.699. The van der Waals surface area contributed by atoms with Crippen LogP contribution in [0.5, 0.6) is 0 Å². The number of anilines is 1. The van der Waals surface area contributed by atoms with Crippen molar-refractivity contribution in [3.05, 3.63) is 66.5 Å². The van der Waals surface area contributed by atoms with E-state index in [1.165, 1.54) is 23.2 Å². The molecule has 0 spiro atoms. The van der Waals surface area contributed by atoms with Gasteiger partial charge in [-0.05, 0) is 42.0 Å². The number of hydrogen-bond donors (Lipinski definition) is 1. The molecule has 0 aliphatic carbocycles. The van der Waals surface area contributed by atoms with Crippen LogP contribution in [0.2, 0.25) is 0 Å². The molecule has 0 radical (unpaired) electrons. The van der Waals surface area contributed by atoms with Gasteiger partial charge in [0.1, 0.15) is 15.6 Å². The Kier molecular flexibility index (Phi) is 5.51. The van der Waals surface area contributed by atoms with Crippen LogP contribution >= 0.6 is 11.3 Å². The minimum Gasteiger partial charge on any atom is -0.367 e. The Labute approximate surface area is 207 Å². The van der Waals surface area contributed by atoms with Crippen molar-refractivity contribution >= 4 is 48.9 Å². The van der Waals surface area contributed by atoms with Crippen molar-refractivity contribution < 1.29 is 8.42 Å². The third-order valence-corrected chi connectivity index (χ3v) is 9.24. The van der Waals surface area contributed by atoms with Crippen LogP contribution in [0.15, 0.2) is 65.1 Å². The third kappa shape index (κ3) is 4.40. The second kappa shape index (κ2) is 8.71. The van der Waals surface area contributed by atoms with Crippen molar-refractivity contribution in [1.29, 1.82) is 0 Å². The van der Waals surface area contributed by atoms with Crippen molar-refractivity contribution in [2.45, 2.75) is 10.8 Å². The van der Waals surface area contributed by atoms with E-state index in [0.717, 1.165) is 65.4 Å². The number of thiophene rings is 1. The summed E-state index contributed by atoms with van der Waals surface area (Å²) in [6.07, 6.45) is 4.68. The standard InChI is InChI=1S/C25H24N6O2S2/c1-35(32,33)23-8-7-22(34-23)25-28-19-3-2-4-21(24(19)29-25)31-13-11-30(12-14-31)16-17-5-6-18-20(15-17)27-10-9-26-18/h2-10,15H,11-14,16H2,1H3,(H,28,29). The summed E-state index contributed by atoms with van der Waals surface area (Å²) in [7, 11) is -3.23. The van der Waals surface area contributed by atoms with Gasteiger partial charge in [-0.3, -0.25) is 14.9 Å². The van der Waals surface area contributed by atoms with Crippen LogP contribution in [0.25, 0.3) is 32.8 Å². The van der Waals surface area contributed by atoms with Gasteiger partial charge in [-0.25, -0.2) is 13.4 Å². The Hall–Kier alpha value is -3.34. The zero-order valence-corrected chi connectivity index (χ0v) is 20.8. The van der Waals surface area contributed by atoms with Crippen molar-refractivity contribution in [1.82, 2.24) is 24.8 Å². The van der Waals surface area contributed by atoms with Gasteiger partial charge in [0, 0.05) is 51.4 Å². The normalized spacial score (nSPS) is 15.3. The summed E-state index contributed by atoms with van der Waals surface area (Å²) < 4.78 is 24.1. The van der Waals surface area contributed by atoms with Crippen molar-refractivity contribution in [3.63, 3.8) is 0 Å². The zero-order valence-electron chi connectivity index (χ0n) is 19.2. The number of piperazine rings is 1. The Morgan fingerprint density at radius 1 is 0.971 bits per heavy atom. The Morgan fingerprint density at radius 3 is 2.54 bits per heavy atom. The van der Waals surface area contributed by atoms with E-state index in [0.29, 0.717) is 10.0 Å². The average molecular weight is 505 g/mol. The third-order valence-electron chi connectivity index (χ3n) is 6.32. The number of nitrogens with zero attached hydrogens (tertiary/aromatic N) is 5. The first kappa shape index (κ1) is 22.1. The van der Waals surface area contributed by atoms with Crippen molar-refractivity contribution in [2.75, 3.05) is 37.3 Å². The van der Waals surface area contributed by atoms with Gasteiger partial charge in [0.15, 0.2) is 9.84 Å². The van der Waals surface area contributed by atoms with E-state index in [-0.39, 0.29) is 0 Å². The minimum atomic E-state index is -3.23. The Bertz CT molecular complexity index is 1630. The van der Waals surface area contributed by atoms with E-state index in [1.54, 1.807) is 18.5 Å². The summed E-state index contributed by atoms with van der Waals surface area (Å²) in [5, 5.41) is 0. The summed E-state index contributed by atoms with van der Waals surface area (Å²) in [4.78, 5) is 22.7. The van der Waals surface area contributed by atoms with Gasteiger partial charge in [0.2, 0.25) is 0 Å². The molecule has 10 heteroatoms. The molecule has 2 aromatic carbocycles. The molecule has 6 rings (SSSR count). The maximum Gasteiger partial charge on any atom is 0.184 e. The number of para-hydroxylation sites is 1. The maximum absolute atomic E-state index is 11.9. The Balaban J connectivity index is 1.19. The first-order valence-electron chi connectivity index (χ1n) is 11.4. The lowest BCUT2D eigenvalue weighted by Gasteiger charge is -2.36. The second-order valence-electron chi connectivity index (χ2n) is 8.79. The van der Waals surface area contributed by atoms with Gasteiger partial charge in [0.05, 0.1) is 27.1 Å². The highest BCUT2D eigenvalue weighted by molar-refractivity contribution is 7.92. The predicted molar refractivity (Wildman–Crippen MR) is 140 cm³/mol. The molecule has 35 heavy (non-hydrogen) atoms. The summed E-state index contributed by atoms with van der Waals surface area (Å²) in [6.45, 7) is 4.61. The quantitative estimate of drug-likeness (QED) is 0.387. The molecule has 1 saturated heterocycles. The molecule has 0 atom stereocenters. The van der Waals surface area contributed by atoms with E-state index in [9.17, 15) is 8.42 Å². The van der Waals surface area contributed by atoms with Gasteiger partial charge in [-0.1, -0.05) is 12.1 Å². The number of rotatable bonds is 5. The number of hydrogen-bond acceptors (Lipinski definition) is 8. The fourth-order valence-corrected chi connectivity index (χ4v) is 6.42. The molecule has 3 aromatic heterocycles. The topological polar surface area (TPSA) is 95.1 Å². The molecule has 1 N–H and O–H groups in total. The molecule has 0 saturated carbocycles. The minimum absolute atomic E-state index is 0.350. The smallest absolute Gasteiger partial charge is 0.184 e. The number of aromatic nitrogens is 4. The van der Waals surface area contributed by atoms with Gasteiger partial charge in [0.25, 0.3) is 0 Å². The summed E-state index contributed by atoms with van der Waals surface area (Å²) in [6, 6.07) is 15.9. The molecule has 8 nitrogen and oxygen atoms in total. The first-order valence-corrected chi connectivity index (χ1v) is 14.1. The second-order valence-corrected chi connectivity index (χ2v) is 12.1. The number of aromatic amines is 1. The largest absolute Gasteiger partial charge is 0.367 e. The van der Waals surface area contributed by atoms with E-state index >= 15 is 0 Å². The number of fused-ring (bicyclic) bond motifs is 2. The number of benzene rings is 2. The molecule has 4 heterocycles.